The van der Waals surface area contributed by atoms with Gasteiger partial charge in [-0.25, -0.2) is 0 Å². The zero-order valence-corrected chi connectivity index (χ0v) is 7.79. The maximum atomic E-state index is 5.51. The van der Waals surface area contributed by atoms with E-state index in [1.54, 1.807) is 0 Å². The highest BCUT2D eigenvalue weighted by Gasteiger charge is 2.23. The van der Waals surface area contributed by atoms with Crippen molar-refractivity contribution in [2.75, 3.05) is 13.2 Å². The van der Waals surface area contributed by atoms with E-state index in [4.69, 9.17) is 9.47 Å². The van der Waals surface area contributed by atoms with E-state index in [1.807, 2.05) is 6.08 Å². The third kappa shape index (κ3) is 2.95. The summed E-state index contributed by atoms with van der Waals surface area (Å²) in [6.07, 6.45) is 5.26. The summed E-state index contributed by atoms with van der Waals surface area (Å²) in [6.45, 7) is 7.50. The number of rotatable bonds is 5. The molecule has 0 aliphatic carbocycles. The van der Waals surface area contributed by atoms with Crippen molar-refractivity contribution in [3.63, 3.8) is 0 Å². The SMILES string of the molecule is C=C[C@@H]1CO[C@@H](OCCCC)C1. The second kappa shape index (κ2) is 5.33. The summed E-state index contributed by atoms with van der Waals surface area (Å²) in [4.78, 5) is 0. The first kappa shape index (κ1) is 9.75. The molecule has 1 aliphatic heterocycles. The van der Waals surface area contributed by atoms with Crippen LogP contribution < -0.4 is 0 Å². The van der Waals surface area contributed by atoms with Gasteiger partial charge in [0, 0.05) is 18.9 Å². The van der Waals surface area contributed by atoms with Crippen molar-refractivity contribution in [2.24, 2.45) is 5.92 Å². The average molecular weight is 170 g/mol. The van der Waals surface area contributed by atoms with Gasteiger partial charge in [-0.15, -0.1) is 6.58 Å². The lowest BCUT2D eigenvalue weighted by molar-refractivity contribution is -0.111. The van der Waals surface area contributed by atoms with Gasteiger partial charge in [-0.3, -0.25) is 0 Å². The zero-order chi connectivity index (χ0) is 8.81. The predicted octanol–water partition coefficient (Wildman–Crippen LogP) is 2.35. The minimum atomic E-state index is 0.0274. The van der Waals surface area contributed by atoms with Crippen molar-refractivity contribution >= 4 is 0 Å². The monoisotopic (exact) mass is 170 g/mol. The van der Waals surface area contributed by atoms with Gasteiger partial charge in [0.05, 0.1) is 6.61 Å². The fourth-order valence-corrected chi connectivity index (χ4v) is 1.25. The molecular formula is C10H18O2. The molecule has 0 spiro atoms. The highest BCUT2D eigenvalue weighted by atomic mass is 16.7. The molecule has 0 aromatic carbocycles. The lowest BCUT2D eigenvalue weighted by Crippen LogP contribution is -2.11. The van der Waals surface area contributed by atoms with E-state index in [0.717, 1.165) is 26.1 Å². The molecule has 1 fully saturated rings. The van der Waals surface area contributed by atoms with Gasteiger partial charge < -0.3 is 9.47 Å². The molecule has 0 aromatic rings. The summed E-state index contributed by atoms with van der Waals surface area (Å²) < 4.78 is 10.9. The fraction of sp³-hybridized carbons (Fsp3) is 0.800. The summed E-state index contributed by atoms with van der Waals surface area (Å²) in [5.41, 5.74) is 0. The number of unbranched alkanes of at least 4 members (excludes halogenated alkanes) is 1. The topological polar surface area (TPSA) is 18.5 Å². The molecule has 2 atom stereocenters. The molecule has 2 nitrogen and oxygen atoms in total. The van der Waals surface area contributed by atoms with E-state index in [9.17, 15) is 0 Å². The van der Waals surface area contributed by atoms with Crippen LogP contribution in [0.15, 0.2) is 12.7 Å². The molecule has 12 heavy (non-hydrogen) atoms. The van der Waals surface area contributed by atoms with Gasteiger partial charge in [0.2, 0.25) is 0 Å². The smallest absolute Gasteiger partial charge is 0.158 e. The number of ether oxygens (including phenoxy) is 2. The Kier molecular flexibility index (Phi) is 4.33. The maximum Gasteiger partial charge on any atom is 0.158 e. The maximum absolute atomic E-state index is 5.51. The van der Waals surface area contributed by atoms with E-state index in [-0.39, 0.29) is 6.29 Å². The van der Waals surface area contributed by atoms with Crippen molar-refractivity contribution in [3.05, 3.63) is 12.7 Å². The number of hydrogen-bond acceptors (Lipinski definition) is 2. The van der Waals surface area contributed by atoms with Crippen LogP contribution in [0.1, 0.15) is 26.2 Å². The molecule has 0 radical (unpaired) electrons. The lowest BCUT2D eigenvalue weighted by Gasteiger charge is -2.09. The molecule has 70 valence electrons. The molecule has 0 N–H and O–H groups in total. The van der Waals surface area contributed by atoms with Crippen molar-refractivity contribution in [1.82, 2.24) is 0 Å². The normalized spacial score (nSPS) is 29.1. The summed E-state index contributed by atoms with van der Waals surface area (Å²) in [6, 6.07) is 0. The van der Waals surface area contributed by atoms with Gasteiger partial charge in [0.15, 0.2) is 6.29 Å². The third-order valence-corrected chi connectivity index (χ3v) is 2.13. The molecule has 0 amide bonds. The van der Waals surface area contributed by atoms with E-state index in [0.29, 0.717) is 5.92 Å². The van der Waals surface area contributed by atoms with E-state index in [1.165, 1.54) is 6.42 Å². The van der Waals surface area contributed by atoms with Crippen LogP contribution in [0.3, 0.4) is 0 Å². The van der Waals surface area contributed by atoms with Crippen molar-refractivity contribution in [3.8, 4) is 0 Å². The van der Waals surface area contributed by atoms with E-state index < -0.39 is 0 Å². The highest BCUT2D eigenvalue weighted by molar-refractivity contribution is 4.83. The number of hydrogen-bond donors (Lipinski definition) is 0. The highest BCUT2D eigenvalue weighted by Crippen LogP contribution is 2.20. The quantitative estimate of drug-likeness (QED) is 0.466. The van der Waals surface area contributed by atoms with Crippen LogP contribution in [0.5, 0.6) is 0 Å². The molecule has 2 heteroatoms. The summed E-state index contributed by atoms with van der Waals surface area (Å²) in [5, 5.41) is 0. The van der Waals surface area contributed by atoms with Crippen LogP contribution in [0.2, 0.25) is 0 Å². The fourth-order valence-electron chi connectivity index (χ4n) is 1.25. The standard InChI is InChI=1S/C10H18O2/c1-3-5-6-11-10-7-9(4-2)8-12-10/h4,9-10H,2-3,5-8H2,1H3/t9-,10+/m0/s1. The Morgan fingerprint density at radius 3 is 3.08 bits per heavy atom. The van der Waals surface area contributed by atoms with Crippen LogP contribution >= 0.6 is 0 Å². The molecule has 0 unspecified atom stereocenters. The Balaban J connectivity index is 2.06. The summed E-state index contributed by atoms with van der Waals surface area (Å²) in [5.74, 6) is 0.497. The zero-order valence-electron chi connectivity index (χ0n) is 7.79. The molecule has 1 saturated heterocycles. The molecule has 0 saturated carbocycles. The predicted molar refractivity (Wildman–Crippen MR) is 48.9 cm³/mol. The molecule has 1 aliphatic rings. The Labute approximate surface area is 74.6 Å². The minimum Gasteiger partial charge on any atom is -0.353 e. The molecule has 0 aromatic heterocycles. The van der Waals surface area contributed by atoms with Gasteiger partial charge in [-0.05, 0) is 6.42 Å². The van der Waals surface area contributed by atoms with Crippen LogP contribution in [0, 0.1) is 5.92 Å². The van der Waals surface area contributed by atoms with Gasteiger partial charge in [0.1, 0.15) is 0 Å². The third-order valence-electron chi connectivity index (χ3n) is 2.13. The Bertz CT molecular complexity index is 134. The minimum absolute atomic E-state index is 0.0274. The first-order valence-corrected chi connectivity index (χ1v) is 4.72. The van der Waals surface area contributed by atoms with Crippen LogP contribution in [0.4, 0.5) is 0 Å². The Hall–Kier alpha value is -0.340. The first-order valence-electron chi connectivity index (χ1n) is 4.72. The average Bonchev–Trinajstić information content (AvgIpc) is 2.53. The molecule has 1 rings (SSSR count). The molecule has 1 heterocycles. The molecule has 0 bridgehead atoms. The summed E-state index contributed by atoms with van der Waals surface area (Å²) >= 11 is 0. The van der Waals surface area contributed by atoms with Crippen LogP contribution in [0.25, 0.3) is 0 Å². The van der Waals surface area contributed by atoms with Crippen molar-refractivity contribution in [2.45, 2.75) is 32.5 Å². The second-order valence-electron chi connectivity index (χ2n) is 3.22. The summed E-state index contributed by atoms with van der Waals surface area (Å²) in [7, 11) is 0. The van der Waals surface area contributed by atoms with Crippen molar-refractivity contribution < 1.29 is 9.47 Å². The van der Waals surface area contributed by atoms with Crippen LogP contribution in [-0.2, 0) is 9.47 Å². The largest absolute Gasteiger partial charge is 0.353 e. The Morgan fingerprint density at radius 1 is 1.67 bits per heavy atom. The van der Waals surface area contributed by atoms with Gasteiger partial charge in [-0.2, -0.15) is 0 Å². The second-order valence-corrected chi connectivity index (χ2v) is 3.22. The van der Waals surface area contributed by atoms with Gasteiger partial charge in [0.25, 0.3) is 0 Å². The first-order chi connectivity index (χ1) is 5.86. The molecular weight excluding hydrogens is 152 g/mol. The van der Waals surface area contributed by atoms with E-state index >= 15 is 0 Å². The van der Waals surface area contributed by atoms with Gasteiger partial charge in [-0.1, -0.05) is 19.4 Å². The Morgan fingerprint density at radius 2 is 2.50 bits per heavy atom. The van der Waals surface area contributed by atoms with Crippen LogP contribution in [-0.4, -0.2) is 19.5 Å². The van der Waals surface area contributed by atoms with Gasteiger partial charge >= 0.3 is 0 Å². The van der Waals surface area contributed by atoms with E-state index in [2.05, 4.69) is 13.5 Å². The lowest BCUT2D eigenvalue weighted by atomic mass is 10.1. The van der Waals surface area contributed by atoms with Crippen molar-refractivity contribution in [1.29, 1.82) is 0 Å².